The van der Waals surface area contributed by atoms with Crippen LogP contribution in [-0.2, 0) is 11.2 Å². The lowest BCUT2D eigenvalue weighted by Crippen LogP contribution is -2.16. The van der Waals surface area contributed by atoms with E-state index in [9.17, 15) is 23.2 Å². The molecule has 3 amide bonds. The Morgan fingerprint density at radius 3 is 2.31 bits per heavy atom. The Kier molecular flexibility index (Phi) is 7.22. The van der Waals surface area contributed by atoms with Crippen LogP contribution in [0.5, 0.6) is 0 Å². The van der Waals surface area contributed by atoms with Crippen LogP contribution in [0.4, 0.5) is 25.3 Å². The van der Waals surface area contributed by atoms with Gasteiger partial charge in [0, 0.05) is 22.3 Å². The van der Waals surface area contributed by atoms with E-state index in [1.54, 1.807) is 35.7 Å². The van der Waals surface area contributed by atoms with Crippen molar-refractivity contribution in [1.82, 2.24) is 4.98 Å². The molecule has 4 rings (SSSR count). The van der Waals surface area contributed by atoms with Gasteiger partial charge in [0.05, 0.1) is 17.7 Å². The number of amides is 3. The summed E-state index contributed by atoms with van der Waals surface area (Å²) >= 11 is 1.11. The largest absolute Gasteiger partial charge is 0.326 e. The molecule has 7 nitrogen and oxygen atoms in total. The van der Waals surface area contributed by atoms with Gasteiger partial charge in [-0.25, -0.2) is 13.8 Å². The monoisotopic (exact) mass is 492 g/mol. The van der Waals surface area contributed by atoms with Crippen LogP contribution >= 0.6 is 11.3 Å². The molecule has 1 aromatic heterocycles. The summed E-state index contributed by atoms with van der Waals surface area (Å²) in [5.74, 6) is -2.60. The predicted molar refractivity (Wildman–Crippen MR) is 130 cm³/mol. The Labute approximate surface area is 202 Å². The van der Waals surface area contributed by atoms with Crippen LogP contribution < -0.4 is 16.0 Å². The lowest BCUT2D eigenvalue weighted by Gasteiger charge is -2.08. The fourth-order valence-corrected chi connectivity index (χ4v) is 3.84. The Morgan fingerprint density at radius 1 is 0.800 bits per heavy atom. The van der Waals surface area contributed by atoms with Crippen LogP contribution in [0.25, 0.3) is 0 Å². The number of rotatable bonds is 7. The second-order valence-corrected chi connectivity index (χ2v) is 8.21. The average Bonchev–Trinajstić information content (AvgIpc) is 3.25. The van der Waals surface area contributed by atoms with Gasteiger partial charge < -0.3 is 10.6 Å². The van der Waals surface area contributed by atoms with Gasteiger partial charge in [-0.15, -0.1) is 11.3 Å². The minimum Gasteiger partial charge on any atom is -0.326 e. The first-order chi connectivity index (χ1) is 16.9. The van der Waals surface area contributed by atoms with Crippen LogP contribution in [0.3, 0.4) is 0 Å². The molecule has 0 aliphatic carbocycles. The highest BCUT2D eigenvalue weighted by Crippen LogP contribution is 2.19. The third-order valence-corrected chi connectivity index (χ3v) is 5.53. The number of nitrogens with one attached hydrogen (secondary N) is 3. The molecule has 0 fully saturated rings. The molecule has 4 aromatic rings. The maximum Gasteiger partial charge on any atom is 0.260 e. The summed E-state index contributed by atoms with van der Waals surface area (Å²) in [7, 11) is 0. The van der Waals surface area contributed by atoms with Gasteiger partial charge in [-0.05, 0) is 48.5 Å². The van der Waals surface area contributed by atoms with Crippen LogP contribution in [0.15, 0.2) is 78.2 Å². The molecule has 35 heavy (non-hydrogen) atoms. The smallest absolute Gasteiger partial charge is 0.260 e. The number of thiazole rings is 1. The molecular weight excluding hydrogens is 474 g/mol. The predicted octanol–water partition coefficient (Wildman–Crippen LogP) is 5.11. The number of benzene rings is 3. The second-order valence-electron chi connectivity index (χ2n) is 7.35. The standard InChI is InChI=1S/C25H18F2N4O3S/c26-16-6-4-8-18(12-16)29-23(33)15-5-3-7-17(11-15)28-22(32)13-19-14-35-25(30-19)31-24(34)20-9-1-2-10-21(20)27/h1-12,14H,13H2,(H,28,32)(H,29,33)(H,30,31,34). The van der Waals surface area contributed by atoms with Crippen LogP contribution in [-0.4, -0.2) is 22.7 Å². The van der Waals surface area contributed by atoms with Crippen molar-refractivity contribution >= 4 is 45.6 Å². The average molecular weight is 493 g/mol. The lowest BCUT2D eigenvalue weighted by molar-refractivity contribution is -0.115. The Balaban J connectivity index is 1.34. The van der Waals surface area contributed by atoms with Gasteiger partial charge in [0.1, 0.15) is 11.6 Å². The summed E-state index contributed by atoms with van der Waals surface area (Å²) in [6.45, 7) is 0. The quantitative estimate of drug-likeness (QED) is 0.334. The van der Waals surface area contributed by atoms with E-state index in [1.807, 2.05) is 0 Å². The molecule has 1 heterocycles. The van der Waals surface area contributed by atoms with Crippen molar-refractivity contribution < 1.29 is 23.2 Å². The zero-order valence-corrected chi connectivity index (χ0v) is 18.9. The van der Waals surface area contributed by atoms with Gasteiger partial charge in [0.25, 0.3) is 11.8 Å². The number of carbonyl (C=O) groups excluding carboxylic acids is 3. The van der Waals surface area contributed by atoms with E-state index in [0.717, 1.165) is 11.3 Å². The lowest BCUT2D eigenvalue weighted by atomic mass is 10.1. The number of halogens is 2. The van der Waals surface area contributed by atoms with Crippen molar-refractivity contribution in [3.05, 3.63) is 107 Å². The van der Waals surface area contributed by atoms with E-state index < -0.39 is 23.4 Å². The van der Waals surface area contributed by atoms with Gasteiger partial charge in [0.15, 0.2) is 5.13 Å². The molecular formula is C25H18F2N4O3S. The zero-order valence-electron chi connectivity index (χ0n) is 18.0. The zero-order chi connectivity index (χ0) is 24.8. The molecule has 0 saturated heterocycles. The van der Waals surface area contributed by atoms with Gasteiger partial charge in [-0.2, -0.15) is 0 Å². The van der Waals surface area contributed by atoms with Crippen LogP contribution in [0.1, 0.15) is 26.4 Å². The van der Waals surface area contributed by atoms with Gasteiger partial charge >= 0.3 is 0 Å². The van der Waals surface area contributed by atoms with Crippen molar-refractivity contribution in [1.29, 1.82) is 0 Å². The first-order valence-corrected chi connectivity index (χ1v) is 11.2. The number of aromatic nitrogens is 1. The number of hydrogen-bond acceptors (Lipinski definition) is 5. The second kappa shape index (κ2) is 10.7. The molecule has 176 valence electrons. The molecule has 0 unspecified atom stereocenters. The topological polar surface area (TPSA) is 100 Å². The molecule has 0 aliphatic rings. The van der Waals surface area contributed by atoms with E-state index in [1.165, 1.54) is 42.5 Å². The Bertz CT molecular complexity index is 1410. The highest BCUT2D eigenvalue weighted by Gasteiger charge is 2.15. The van der Waals surface area contributed by atoms with Gasteiger partial charge in [-0.1, -0.05) is 24.3 Å². The van der Waals surface area contributed by atoms with Crippen molar-refractivity contribution in [2.24, 2.45) is 0 Å². The molecule has 0 atom stereocenters. The minimum atomic E-state index is -0.645. The Hall–Kier alpha value is -4.44. The third kappa shape index (κ3) is 6.33. The molecule has 0 aliphatic heterocycles. The summed E-state index contributed by atoms with van der Waals surface area (Å²) in [5.41, 5.74) is 1.29. The van der Waals surface area contributed by atoms with Crippen molar-refractivity contribution in [3.8, 4) is 0 Å². The molecule has 10 heteroatoms. The Morgan fingerprint density at radius 2 is 1.54 bits per heavy atom. The number of carbonyl (C=O) groups is 3. The van der Waals surface area contributed by atoms with E-state index in [2.05, 4.69) is 20.9 Å². The summed E-state index contributed by atoms with van der Waals surface area (Å²) in [5, 5.41) is 9.64. The minimum absolute atomic E-state index is 0.0776. The van der Waals surface area contributed by atoms with E-state index in [0.29, 0.717) is 17.1 Å². The molecule has 0 spiro atoms. The molecule has 0 saturated carbocycles. The fraction of sp³-hybridized carbons (Fsp3) is 0.0400. The SMILES string of the molecule is O=C(Cc1csc(NC(=O)c2ccccc2F)n1)Nc1cccc(C(=O)Nc2cccc(F)c2)c1. The van der Waals surface area contributed by atoms with Crippen molar-refractivity contribution in [3.63, 3.8) is 0 Å². The van der Waals surface area contributed by atoms with Crippen LogP contribution in [0.2, 0.25) is 0 Å². The van der Waals surface area contributed by atoms with E-state index in [4.69, 9.17) is 0 Å². The molecule has 0 radical (unpaired) electrons. The maximum atomic E-state index is 13.8. The highest BCUT2D eigenvalue weighted by atomic mass is 32.1. The highest BCUT2D eigenvalue weighted by molar-refractivity contribution is 7.14. The number of anilines is 3. The summed E-state index contributed by atoms with van der Waals surface area (Å²) < 4.78 is 27.1. The maximum absolute atomic E-state index is 13.8. The summed E-state index contributed by atoms with van der Waals surface area (Å²) in [6, 6.07) is 17.4. The molecule has 3 aromatic carbocycles. The first kappa shape index (κ1) is 23.7. The number of hydrogen-bond donors (Lipinski definition) is 3. The first-order valence-electron chi connectivity index (χ1n) is 10.3. The van der Waals surface area contributed by atoms with E-state index in [-0.39, 0.29) is 28.6 Å². The van der Waals surface area contributed by atoms with Gasteiger partial charge in [0.2, 0.25) is 5.91 Å². The van der Waals surface area contributed by atoms with Crippen LogP contribution in [0, 0.1) is 11.6 Å². The van der Waals surface area contributed by atoms with E-state index >= 15 is 0 Å². The normalized spacial score (nSPS) is 10.5. The fourth-order valence-electron chi connectivity index (χ4n) is 3.13. The number of nitrogens with zero attached hydrogens (tertiary/aromatic N) is 1. The summed E-state index contributed by atoms with van der Waals surface area (Å²) in [6.07, 6.45) is -0.0776. The third-order valence-electron chi connectivity index (χ3n) is 4.72. The molecule has 0 bridgehead atoms. The van der Waals surface area contributed by atoms with Crippen molar-refractivity contribution in [2.45, 2.75) is 6.42 Å². The molecule has 3 N–H and O–H groups in total. The summed E-state index contributed by atoms with van der Waals surface area (Å²) in [4.78, 5) is 41.3. The van der Waals surface area contributed by atoms with Crippen molar-refractivity contribution in [2.75, 3.05) is 16.0 Å². The van der Waals surface area contributed by atoms with Gasteiger partial charge in [-0.3, -0.25) is 19.7 Å².